The second kappa shape index (κ2) is 8.77. The minimum absolute atomic E-state index is 0.000803. The fraction of sp³-hybridized carbons (Fsp3) is 0.750. The fourth-order valence-corrected chi connectivity index (χ4v) is 2.82. The van der Waals surface area contributed by atoms with Crippen LogP contribution in [-0.2, 0) is 14.3 Å². The van der Waals surface area contributed by atoms with Crippen LogP contribution in [0.15, 0.2) is 12.7 Å². The van der Waals surface area contributed by atoms with Crippen molar-refractivity contribution in [3.63, 3.8) is 0 Å². The first-order valence-corrected chi connectivity index (χ1v) is 7.54. The Balaban J connectivity index is 2.42. The molecule has 4 nitrogen and oxygen atoms in total. The van der Waals surface area contributed by atoms with Gasteiger partial charge in [-0.05, 0) is 31.1 Å². The van der Waals surface area contributed by atoms with E-state index in [1.807, 2.05) is 6.92 Å². The Bertz CT molecular complexity index is 331. The molecule has 0 bridgehead atoms. The molecule has 0 aliphatic heterocycles. The second-order valence-corrected chi connectivity index (χ2v) is 5.86. The highest BCUT2D eigenvalue weighted by Gasteiger charge is 2.31. The topological polar surface area (TPSA) is 63.6 Å². The summed E-state index contributed by atoms with van der Waals surface area (Å²) < 4.78 is 5.18. The van der Waals surface area contributed by atoms with Gasteiger partial charge in [0, 0.05) is 0 Å². The van der Waals surface area contributed by atoms with Crippen molar-refractivity contribution in [3.05, 3.63) is 12.7 Å². The summed E-state index contributed by atoms with van der Waals surface area (Å²) in [6.45, 7) is 5.95. The van der Waals surface area contributed by atoms with E-state index in [0.717, 1.165) is 32.1 Å². The summed E-state index contributed by atoms with van der Waals surface area (Å²) in [5, 5.41) is 9.31. The Kier molecular flexibility index (Phi) is 7.34. The number of hydrogen-bond donors (Lipinski definition) is 1. The molecule has 1 unspecified atom stereocenters. The zero-order valence-corrected chi connectivity index (χ0v) is 12.3. The summed E-state index contributed by atoms with van der Waals surface area (Å²) in [7, 11) is 0. The van der Waals surface area contributed by atoms with E-state index in [1.54, 1.807) is 6.08 Å². The van der Waals surface area contributed by atoms with Crippen LogP contribution in [-0.4, -0.2) is 23.7 Å². The molecule has 114 valence electrons. The van der Waals surface area contributed by atoms with Crippen molar-refractivity contribution >= 4 is 11.9 Å². The van der Waals surface area contributed by atoms with Gasteiger partial charge in [0.05, 0.1) is 18.9 Å². The lowest BCUT2D eigenvalue weighted by molar-refractivity contribution is -0.154. The van der Waals surface area contributed by atoms with E-state index in [4.69, 9.17) is 4.74 Å². The summed E-state index contributed by atoms with van der Waals surface area (Å²) in [5.74, 6) is -1.49. The van der Waals surface area contributed by atoms with E-state index in [1.165, 1.54) is 6.42 Å². The van der Waals surface area contributed by atoms with E-state index in [2.05, 4.69) is 6.58 Å². The second-order valence-electron chi connectivity index (χ2n) is 5.86. The van der Waals surface area contributed by atoms with Crippen LogP contribution in [0.5, 0.6) is 0 Å². The predicted octanol–water partition coefficient (Wildman–Crippen LogP) is 3.41. The third-order valence-electron chi connectivity index (χ3n) is 4.02. The van der Waals surface area contributed by atoms with Gasteiger partial charge in [0.1, 0.15) is 0 Å². The van der Waals surface area contributed by atoms with Gasteiger partial charge in [-0.1, -0.05) is 32.3 Å². The van der Waals surface area contributed by atoms with Crippen molar-refractivity contribution in [2.75, 3.05) is 6.61 Å². The molecule has 0 heterocycles. The Hall–Kier alpha value is -1.32. The number of rotatable bonds is 8. The van der Waals surface area contributed by atoms with Crippen molar-refractivity contribution in [1.82, 2.24) is 0 Å². The van der Waals surface area contributed by atoms with E-state index in [0.29, 0.717) is 6.61 Å². The molecule has 0 spiro atoms. The minimum Gasteiger partial charge on any atom is -0.481 e. The van der Waals surface area contributed by atoms with Gasteiger partial charge >= 0.3 is 11.9 Å². The summed E-state index contributed by atoms with van der Waals surface area (Å²) >= 11 is 0. The molecule has 0 radical (unpaired) electrons. The Labute approximate surface area is 121 Å². The first kappa shape index (κ1) is 16.7. The van der Waals surface area contributed by atoms with Gasteiger partial charge in [-0.2, -0.15) is 0 Å². The molecule has 0 saturated heterocycles. The van der Waals surface area contributed by atoms with E-state index < -0.39 is 11.9 Å². The molecule has 1 aliphatic carbocycles. The maximum Gasteiger partial charge on any atom is 0.307 e. The molecule has 1 saturated carbocycles. The molecule has 4 heteroatoms. The fourth-order valence-electron chi connectivity index (χ4n) is 2.82. The lowest BCUT2D eigenvalue weighted by Crippen LogP contribution is -2.29. The van der Waals surface area contributed by atoms with Gasteiger partial charge < -0.3 is 9.84 Å². The number of ether oxygens (including phenoxy) is 1. The molecule has 2 atom stereocenters. The highest BCUT2D eigenvalue weighted by Crippen LogP contribution is 2.32. The van der Waals surface area contributed by atoms with Crippen molar-refractivity contribution in [2.24, 2.45) is 17.8 Å². The van der Waals surface area contributed by atoms with Gasteiger partial charge in [0.2, 0.25) is 0 Å². The number of carboxylic acids is 1. The zero-order valence-electron chi connectivity index (χ0n) is 12.3. The number of carboxylic acid groups (broad SMARTS) is 1. The summed E-state index contributed by atoms with van der Waals surface area (Å²) in [5.41, 5.74) is 0. The first-order chi connectivity index (χ1) is 9.54. The molecular weight excluding hydrogens is 256 g/mol. The Morgan fingerprint density at radius 3 is 2.55 bits per heavy atom. The molecule has 0 aromatic heterocycles. The van der Waals surface area contributed by atoms with Crippen LogP contribution < -0.4 is 0 Å². The first-order valence-electron chi connectivity index (χ1n) is 7.54. The third kappa shape index (κ3) is 5.76. The predicted molar refractivity (Wildman–Crippen MR) is 77.3 cm³/mol. The van der Waals surface area contributed by atoms with Crippen LogP contribution in [0, 0.1) is 17.8 Å². The van der Waals surface area contributed by atoms with Crippen molar-refractivity contribution < 1.29 is 19.4 Å². The normalized spacial score (nSPS) is 19.1. The van der Waals surface area contributed by atoms with Gasteiger partial charge in [-0.15, -0.1) is 6.58 Å². The number of carbonyl (C=O) groups is 2. The van der Waals surface area contributed by atoms with Gasteiger partial charge in [0.15, 0.2) is 0 Å². The number of esters is 1. The molecule has 1 aliphatic rings. The van der Waals surface area contributed by atoms with E-state index in [9.17, 15) is 14.7 Å². The van der Waals surface area contributed by atoms with Crippen LogP contribution in [0.2, 0.25) is 0 Å². The Morgan fingerprint density at radius 1 is 1.35 bits per heavy atom. The summed E-state index contributed by atoms with van der Waals surface area (Å²) in [6.07, 6.45) is 7.72. The monoisotopic (exact) mass is 282 g/mol. The maximum atomic E-state index is 11.8. The van der Waals surface area contributed by atoms with Gasteiger partial charge in [-0.3, -0.25) is 9.59 Å². The van der Waals surface area contributed by atoms with Crippen LogP contribution >= 0.6 is 0 Å². The number of allylic oxidation sites excluding steroid dienone is 1. The molecule has 1 N–H and O–H groups in total. The molecule has 0 amide bonds. The number of aliphatic carboxylic acids is 1. The van der Waals surface area contributed by atoms with Gasteiger partial charge in [0.25, 0.3) is 0 Å². The average molecular weight is 282 g/mol. The minimum atomic E-state index is -0.868. The van der Waals surface area contributed by atoms with Crippen molar-refractivity contribution in [3.8, 4) is 0 Å². The SMILES string of the molecule is C=CCC(C)COC(=O)C[C@H](C(=O)O)C1CCCCC1. The largest absolute Gasteiger partial charge is 0.481 e. The molecule has 1 rings (SSSR count). The summed E-state index contributed by atoms with van der Waals surface area (Å²) in [6, 6.07) is 0. The molecular formula is C16H26O4. The van der Waals surface area contributed by atoms with Crippen LogP contribution in [0.1, 0.15) is 51.9 Å². The van der Waals surface area contributed by atoms with Crippen LogP contribution in [0.3, 0.4) is 0 Å². The molecule has 0 aromatic carbocycles. The third-order valence-corrected chi connectivity index (χ3v) is 4.02. The van der Waals surface area contributed by atoms with E-state index in [-0.39, 0.29) is 24.2 Å². The van der Waals surface area contributed by atoms with Gasteiger partial charge in [-0.25, -0.2) is 0 Å². The highest BCUT2D eigenvalue weighted by atomic mass is 16.5. The zero-order chi connectivity index (χ0) is 15.0. The quantitative estimate of drug-likeness (QED) is 0.547. The van der Waals surface area contributed by atoms with Crippen molar-refractivity contribution in [2.45, 2.75) is 51.9 Å². The lowest BCUT2D eigenvalue weighted by atomic mass is 9.78. The lowest BCUT2D eigenvalue weighted by Gasteiger charge is -2.27. The highest BCUT2D eigenvalue weighted by molar-refractivity contribution is 5.79. The van der Waals surface area contributed by atoms with Crippen LogP contribution in [0.4, 0.5) is 0 Å². The standard InChI is InChI=1S/C16H26O4/c1-3-7-12(2)11-20-15(17)10-14(16(18)19)13-8-5-4-6-9-13/h3,12-14H,1,4-11H2,2H3,(H,18,19)/t12?,14-/m0/s1. The Morgan fingerprint density at radius 2 is 2.00 bits per heavy atom. The average Bonchev–Trinajstić information content (AvgIpc) is 2.43. The maximum absolute atomic E-state index is 11.8. The number of hydrogen-bond acceptors (Lipinski definition) is 3. The molecule has 1 fully saturated rings. The number of carbonyl (C=O) groups excluding carboxylic acids is 1. The van der Waals surface area contributed by atoms with E-state index >= 15 is 0 Å². The smallest absolute Gasteiger partial charge is 0.307 e. The van der Waals surface area contributed by atoms with Crippen LogP contribution in [0.25, 0.3) is 0 Å². The molecule has 20 heavy (non-hydrogen) atoms. The van der Waals surface area contributed by atoms with Crippen molar-refractivity contribution in [1.29, 1.82) is 0 Å². The summed E-state index contributed by atoms with van der Waals surface area (Å²) in [4.78, 5) is 23.2. The molecule has 0 aromatic rings.